The van der Waals surface area contributed by atoms with Crippen LogP contribution < -0.4 is 0 Å². The van der Waals surface area contributed by atoms with Gasteiger partial charge in [0.15, 0.2) is 0 Å². The van der Waals surface area contributed by atoms with E-state index in [1.54, 1.807) is 18.2 Å². The highest BCUT2D eigenvalue weighted by atomic mass is 16.6. The maximum absolute atomic E-state index is 11.7. The van der Waals surface area contributed by atoms with Gasteiger partial charge < -0.3 is 9.47 Å². The summed E-state index contributed by atoms with van der Waals surface area (Å²) in [5.74, 6) is -1.24. The van der Waals surface area contributed by atoms with Crippen LogP contribution in [0.2, 0.25) is 0 Å². The minimum atomic E-state index is -0.618. The summed E-state index contributed by atoms with van der Waals surface area (Å²) in [7, 11) is 2.46. The molecule has 138 valence electrons. The molecule has 0 saturated carbocycles. The van der Waals surface area contributed by atoms with Gasteiger partial charge in [0.1, 0.15) is 0 Å². The number of esters is 2. The van der Waals surface area contributed by atoms with Crippen LogP contribution in [0.15, 0.2) is 53.5 Å². The zero-order chi connectivity index (χ0) is 19.8. The summed E-state index contributed by atoms with van der Waals surface area (Å²) in [5.41, 5.74) is 1.02. The van der Waals surface area contributed by atoms with Crippen LogP contribution >= 0.6 is 0 Å². The number of methoxy groups -OCH3 is 2. The third-order valence-corrected chi connectivity index (χ3v) is 3.48. The quantitative estimate of drug-likeness (QED) is 0.334. The molecule has 8 nitrogen and oxygen atoms in total. The molecule has 2 rings (SSSR count). The van der Waals surface area contributed by atoms with Crippen LogP contribution in [-0.4, -0.2) is 37.3 Å². The fourth-order valence-corrected chi connectivity index (χ4v) is 2.23. The van der Waals surface area contributed by atoms with E-state index in [2.05, 4.69) is 14.5 Å². The van der Waals surface area contributed by atoms with Gasteiger partial charge >= 0.3 is 11.9 Å². The molecule has 0 aliphatic carbocycles. The number of rotatable bonds is 6. The molecular formula is C19H16N2O6. The summed E-state index contributed by atoms with van der Waals surface area (Å²) in [5, 5.41) is 11.0. The Morgan fingerprint density at radius 1 is 1.04 bits per heavy atom. The molecule has 0 aliphatic heterocycles. The molecule has 0 unspecified atom stereocenters. The Kier molecular flexibility index (Phi) is 6.54. The van der Waals surface area contributed by atoms with Crippen LogP contribution in [0.3, 0.4) is 0 Å². The fourth-order valence-electron chi connectivity index (χ4n) is 2.23. The van der Waals surface area contributed by atoms with Gasteiger partial charge in [0.25, 0.3) is 5.69 Å². The molecule has 2 aromatic carbocycles. The van der Waals surface area contributed by atoms with E-state index in [4.69, 9.17) is 0 Å². The fraction of sp³-hybridized carbons (Fsp3) is 0.105. The average Bonchev–Trinajstić information content (AvgIpc) is 2.69. The number of nitrogens with zero attached hydrogens (tertiary/aromatic N) is 2. The molecule has 0 aliphatic rings. The van der Waals surface area contributed by atoms with Gasteiger partial charge in [0, 0.05) is 12.3 Å². The van der Waals surface area contributed by atoms with Crippen molar-refractivity contribution < 1.29 is 24.0 Å². The van der Waals surface area contributed by atoms with Crippen LogP contribution in [0.1, 0.15) is 26.3 Å². The average molecular weight is 368 g/mol. The molecule has 8 heteroatoms. The van der Waals surface area contributed by atoms with Crippen molar-refractivity contribution in [3.63, 3.8) is 0 Å². The van der Waals surface area contributed by atoms with Crippen molar-refractivity contribution in [2.75, 3.05) is 14.2 Å². The summed E-state index contributed by atoms with van der Waals surface area (Å²) in [4.78, 5) is 38.1. The molecule has 0 heterocycles. The van der Waals surface area contributed by atoms with Crippen molar-refractivity contribution in [3.8, 4) is 0 Å². The summed E-state index contributed by atoms with van der Waals surface area (Å²) < 4.78 is 9.32. The molecule has 0 amide bonds. The van der Waals surface area contributed by atoms with E-state index in [1.165, 1.54) is 56.9 Å². The lowest BCUT2D eigenvalue weighted by atomic mass is 10.1. The van der Waals surface area contributed by atoms with Crippen LogP contribution in [0, 0.1) is 10.1 Å². The molecule has 0 N–H and O–H groups in total. The van der Waals surface area contributed by atoms with Crippen molar-refractivity contribution in [1.29, 1.82) is 0 Å². The zero-order valence-electron chi connectivity index (χ0n) is 14.6. The Hall–Kier alpha value is -3.81. The second kappa shape index (κ2) is 9.04. The van der Waals surface area contributed by atoms with E-state index in [0.29, 0.717) is 11.3 Å². The van der Waals surface area contributed by atoms with Crippen LogP contribution in [0.5, 0.6) is 0 Å². The molecule has 0 aromatic heterocycles. The first-order valence-corrected chi connectivity index (χ1v) is 7.72. The number of allylic oxidation sites excluding steroid dienone is 1. The topological polar surface area (TPSA) is 108 Å². The van der Waals surface area contributed by atoms with Crippen LogP contribution in [-0.2, 0) is 9.47 Å². The second-order valence-corrected chi connectivity index (χ2v) is 5.20. The molecule has 0 saturated heterocycles. The maximum Gasteiger partial charge on any atom is 0.337 e. The Labute approximate surface area is 154 Å². The first kappa shape index (κ1) is 19.5. The highest BCUT2D eigenvalue weighted by Crippen LogP contribution is 2.20. The van der Waals surface area contributed by atoms with Crippen LogP contribution in [0.4, 0.5) is 11.4 Å². The summed E-state index contributed by atoms with van der Waals surface area (Å²) >= 11 is 0. The number of nitro groups is 1. The molecule has 2 aromatic rings. The smallest absolute Gasteiger partial charge is 0.337 e. The lowest BCUT2D eigenvalue weighted by Gasteiger charge is -2.04. The minimum absolute atomic E-state index is 0.0252. The monoisotopic (exact) mass is 368 g/mol. The lowest BCUT2D eigenvalue weighted by molar-refractivity contribution is -0.385. The summed E-state index contributed by atoms with van der Waals surface area (Å²) in [6.45, 7) is 0. The Morgan fingerprint density at radius 3 is 2.19 bits per heavy atom. The van der Waals surface area contributed by atoms with Crippen molar-refractivity contribution in [1.82, 2.24) is 0 Å². The van der Waals surface area contributed by atoms with Crippen molar-refractivity contribution in [2.24, 2.45) is 4.99 Å². The molecule has 0 fully saturated rings. The predicted molar refractivity (Wildman–Crippen MR) is 99.4 cm³/mol. The van der Waals surface area contributed by atoms with E-state index in [9.17, 15) is 19.7 Å². The Morgan fingerprint density at radius 2 is 1.63 bits per heavy atom. The molecule has 0 bridgehead atoms. The normalized spacial score (nSPS) is 10.9. The Bertz CT molecular complexity index is 899. The van der Waals surface area contributed by atoms with Crippen LogP contribution in [0.25, 0.3) is 6.08 Å². The standard InChI is InChI=1S/C19H16N2O6/c1-26-18(22)14-10-15(19(23)27-2)12-16(11-14)20-9-5-7-13-6-3-4-8-17(13)21(24)25/h3-12H,1-2H3/b7-5+,20-9?. The van der Waals surface area contributed by atoms with E-state index in [0.717, 1.165) is 0 Å². The summed E-state index contributed by atoms with van der Waals surface area (Å²) in [6, 6.07) is 10.5. The van der Waals surface area contributed by atoms with Gasteiger partial charge in [-0.15, -0.1) is 0 Å². The molecular weight excluding hydrogens is 352 g/mol. The highest BCUT2D eigenvalue weighted by Gasteiger charge is 2.13. The lowest BCUT2D eigenvalue weighted by Crippen LogP contribution is -2.06. The second-order valence-electron chi connectivity index (χ2n) is 5.20. The zero-order valence-corrected chi connectivity index (χ0v) is 14.6. The number of hydrogen-bond donors (Lipinski definition) is 0. The number of hydrogen-bond acceptors (Lipinski definition) is 7. The summed E-state index contributed by atoms with van der Waals surface area (Å²) in [6.07, 6.45) is 4.45. The number of carbonyl (C=O) groups is 2. The van der Waals surface area contributed by atoms with Crippen molar-refractivity contribution in [3.05, 3.63) is 75.3 Å². The number of carbonyl (C=O) groups excluding carboxylic acids is 2. The number of aliphatic imine (C=N–C) groups is 1. The first-order chi connectivity index (χ1) is 13.0. The van der Waals surface area contributed by atoms with Crippen molar-refractivity contribution >= 4 is 35.6 Å². The molecule has 27 heavy (non-hydrogen) atoms. The highest BCUT2D eigenvalue weighted by molar-refractivity contribution is 5.97. The Balaban J connectivity index is 2.29. The number of ether oxygens (including phenoxy) is 2. The largest absolute Gasteiger partial charge is 0.465 e. The van der Waals surface area contributed by atoms with Gasteiger partial charge in [0.05, 0.1) is 41.5 Å². The number of benzene rings is 2. The maximum atomic E-state index is 11.7. The van der Waals surface area contributed by atoms with Gasteiger partial charge in [-0.1, -0.05) is 12.1 Å². The molecule has 0 radical (unpaired) electrons. The van der Waals surface area contributed by atoms with Gasteiger partial charge in [-0.05, 0) is 36.4 Å². The van der Waals surface area contributed by atoms with E-state index in [-0.39, 0.29) is 16.8 Å². The third kappa shape index (κ3) is 5.08. The minimum Gasteiger partial charge on any atom is -0.465 e. The third-order valence-electron chi connectivity index (χ3n) is 3.48. The molecule has 0 spiro atoms. The predicted octanol–water partition coefficient (Wildman–Crippen LogP) is 3.58. The van der Waals surface area contributed by atoms with Gasteiger partial charge in [0.2, 0.25) is 0 Å². The van der Waals surface area contributed by atoms with Gasteiger partial charge in [-0.25, -0.2) is 9.59 Å². The van der Waals surface area contributed by atoms with E-state index >= 15 is 0 Å². The van der Waals surface area contributed by atoms with E-state index < -0.39 is 16.9 Å². The van der Waals surface area contributed by atoms with Crippen molar-refractivity contribution in [2.45, 2.75) is 0 Å². The number of para-hydroxylation sites is 1. The van der Waals surface area contributed by atoms with Gasteiger partial charge in [-0.2, -0.15) is 0 Å². The number of nitro benzene ring substituents is 1. The van der Waals surface area contributed by atoms with E-state index in [1.807, 2.05) is 0 Å². The van der Waals surface area contributed by atoms with Gasteiger partial charge in [-0.3, -0.25) is 15.1 Å². The first-order valence-electron chi connectivity index (χ1n) is 7.72. The SMILES string of the molecule is COC(=O)c1cc(N=C/C=C/c2ccccc2[N+](=O)[O-])cc(C(=O)OC)c1. The molecule has 0 atom stereocenters.